The second-order valence-electron chi connectivity index (χ2n) is 9.92. The van der Waals surface area contributed by atoms with Crippen molar-refractivity contribution < 1.29 is 23.7 Å². The number of aromatic nitrogens is 1. The van der Waals surface area contributed by atoms with Crippen LogP contribution in [0.4, 0.5) is 21.5 Å². The predicted octanol–water partition coefficient (Wildman–Crippen LogP) is 4.70. The molecule has 4 aromatic rings. The molecule has 1 saturated heterocycles. The molecule has 1 fully saturated rings. The zero-order valence-corrected chi connectivity index (χ0v) is 23.5. The van der Waals surface area contributed by atoms with E-state index in [-0.39, 0.29) is 17.9 Å². The number of hydrogen-bond acceptors (Lipinski definition) is 8. The molecule has 2 unspecified atom stereocenters. The summed E-state index contributed by atoms with van der Waals surface area (Å²) < 4.78 is 15.2. The number of amides is 3. The van der Waals surface area contributed by atoms with Crippen LogP contribution in [-0.4, -0.2) is 32.5 Å². The number of nitrogens with zero attached hydrogens (tertiary/aromatic N) is 3. The minimum Gasteiger partial charge on any atom is -0.325 e. The van der Waals surface area contributed by atoms with Crippen LogP contribution in [0.15, 0.2) is 82.6 Å². The maximum atomic E-state index is 13.9. The Labute approximate surface area is 245 Å². The number of thioether (sulfide) groups is 1. The standard InChI is InChI=1S/C29H21FN4O6S2/c1-15-2-8-18(9-3-15)31-21(35)14-32-28-25(42-29(32)38)22(16-4-6-17(30)7-5-16)23-24(41-28)27(37)33(26(23)36)19-10-12-20(13-11-19)34(39)40/h2-13,22-24H,14H2,1H3,(H,31,35)/t22-,23?,24?/m1/s1. The fourth-order valence-electron chi connectivity index (χ4n) is 5.24. The first-order valence-electron chi connectivity index (χ1n) is 12.8. The minimum absolute atomic E-state index is 0.182. The minimum atomic E-state index is -0.948. The lowest BCUT2D eigenvalue weighted by Gasteiger charge is -2.30. The molecular formula is C29H21FN4O6S2. The van der Waals surface area contributed by atoms with Gasteiger partial charge in [0.1, 0.15) is 17.6 Å². The van der Waals surface area contributed by atoms with E-state index in [9.17, 15) is 33.7 Å². The third kappa shape index (κ3) is 4.80. The highest BCUT2D eigenvalue weighted by Gasteiger charge is 2.56. The van der Waals surface area contributed by atoms with Crippen LogP contribution in [0, 0.1) is 28.8 Å². The first kappa shape index (κ1) is 27.5. The number of carbonyl (C=O) groups is 3. The molecule has 3 heterocycles. The zero-order valence-electron chi connectivity index (χ0n) is 21.9. The van der Waals surface area contributed by atoms with Crippen molar-refractivity contribution in [3.63, 3.8) is 0 Å². The predicted molar refractivity (Wildman–Crippen MR) is 155 cm³/mol. The molecule has 42 heavy (non-hydrogen) atoms. The largest absolute Gasteiger partial charge is 0.325 e. The fourth-order valence-corrected chi connectivity index (χ4v) is 8.02. The molecule has 6 rings (SSSR count). The molecule has 212 valence electrons. The number of carbonyl (C=O) groups excluding carboxylic acids is 3. The van der Waals surface area contributed by atoms with Gasteiger partial charge in [-0.15, -0.1) is 0 Å². The number of anilines is 2. The zero-order chi connectivity index (χ0) is 29.7. The summed E-state index contributed by atoms with van der Waals surface area (Å²) in [4.78, 5) is 65.4. The molecule has 1 N–H and O–H groups in total. The molecule has 2 aliphatic heterocycles. The van der Waals surface area contributed by atoms with Crippen molar-refractivity contribution in [1.82, 2.24) is 4.57 Å². The van der Waals surface area contributed by atoms with E-state index in [1.54, 1.807) is 12.1 Å². The van der Waals surface area contributed by atoms with Gasteiger partial charge in [0.2, 0.25) is 17.7 Å². The molecule has 10 nitrogen and oxygen atoms in total. The van der Waals surface area contributed by atoms with Gasteiger partial charge in [0.15, 0.2) is 0 Å². The Balaban J connectivity index is 1.39. The second-order valence-corrected chi connectivity index (χ2v) is 12.0. The number of hydrogen-bond donors (Lipinski definition) is 1. The van der Waals surface area contributed by atoms with E-state index in [4.69, 9.17) is 0 Å². The Morgan fingerprint density at radius 1 is 0.976 bits per heavy atom. The highest BCUT2D eigenvalue weighted by Crippen LogP contribution is 2.53. The summed E-state index contributed by atoms with van der Waals surface area (Å²) in [5.74, 6) is -3.69. The molecule has 0 bridgehead atoms. The summed E-state index contributed by atoms with van der Waals surface area (Å²) in [5.41, 5.74) is 2.12. The number of fused-ring (bicyclic) bond motifs is 2. The van der Waals surface area contributed by atoms with E-state index in [0.29, 0.717) is 21.2 Å². The average molecular weight is 605 g/mol. The molecule has 13 heteroatoms. The number of non-ortho nitro benzene ring substituents is 1. The number of nitro benzene ring substituents is 1. The second kappa shape index (κ2) is 10.7. The maximum Gasteiger partial charge on any atom is 0.308 e. The first-order valence-corrected chi connectivity index (χ1v) is 14.5. The molecule has 0 saturated carbocycles. The highest BCUT2D eigenvalue weighted by atomic mass is 32.2. The van der Waals surface area contributed by atoms with Gasteiger partial charge in [-0.3, -0.25) is 33.9 Å². The van der Waals surface area contributed by atoms with Gasteiger partial charge in [-0.1, -0.05) is 52.9 Å². The molecule has 3 aromatic carbocycles. The van der Waals surface area contributed by atoms with E-state index in [2.05, 4.69) is 5.32 Å². The van der Waals surface area contributed by atoms with Crippen molar-refractivity contribution in [2.75, 3.05) is 10.2 Å². The van der Waals surface area contributed by atoms with E-state index >= 15 is 0 Å². The number of thiazole rings is 1. The van der Waals surface area contributed by atoms with Gasteiger partial charge in [0.05, 0.1) is 21.6 Å². The summed E-state index contributed by atoms with van der Waals surface area (Å²) in [6.45, 7) is 1.61. The Hall–Kier alpha value is -4.62. The van der Waals surface area contributed by atoms with Crippen LogP contribution in [-0.2, 0) is 20.9 Å². The van der Waals surface area contributed by atoms with Crippen LogP contribution in [0.2, 0.25) is 0 Å². The van der Waals surface area contributed by atoms with Crippen molar-refractivity contribution >= 4 is 57.9 Å². The Morgan fingerprint density at radius 2 is 1.64 bits per heavy atom. The highest BCUT2D eigenvalue weighted by molar-refractivity contribution is 8.00. The number of nitro groups is 1. The lowest BCUT2D eigenvalue weighted by molar-refractivity contribution is -0.384. The molecule has 0 aliphatic carbocycles. The summed E-state index contributed by atoms with van der Waals surface area (Å²) in [5, 5.41) is 13.3. The number of rotatable bonds is 6. The monoisotopic (exact) mass is 604 g/mol. The molecular weight excluding hydrogens is 583 g/mol. The summed E-state index contributed by atoms with van der Waals surface area (Å²) in [7, 11) is 0. The average Bonchev–Trinajstić information content (AvgIpc) is 3.41. The summed E-state index contributed by atoms with van der Waals surface area (Å²) in [6.07, 6.45) is 0. The van der Waals surface area contributed by atoms with Crippen LogP contribution in [0.25, 0.3) is 0 Å². The van der Waals surface area contributed by atoms with Gasteiger partial charge in [-0.2, -0.15) is 0 Å². The fraction of sp³-hybridized carbons (Fsp3) is 0.172. The molecule has 1 aromatic heterocycles. The lowest BCUT2D eigenvalue weighted by Crippen LogP contribution is -2.33. The first-order chi connectivity index (χ1) is 20.1. The van der Waals surface area contributed by atoms with Crippen LogP contribution in [0.1, 0.15) is 21.9 Å². The van der Waals surface area contributed by atoms with Crippen LogP contribution >= 0.6 is 23.1 Å². The normalized spacial score (nSPS) is 19.4. The van der Waals surface area contributed by atoms with E-state index in [1.165, 1.54) is 53.1 Å². The van der Waals surface area contributed by atoms with E-state index in [0.717, 1.165) is 33.6 Å². The Kier molecular flexibility index (Phi) is 6.99. The van der Waals surface area contributed by atoms with Gasteiger partial charge in [0.25, 0.3) is 5.69 Å². The third-order valence-corrected chi connectivity index (χ3v) is 9.84. The molecule has 0 radical (unpaired) electrons. The molecule has 0 spiro atoms. The van der Waals surface area contributed by atoms with Crippen LogP contribution in [0.3, 0.4) is 0 Å². The van der Waals surface area contributed by atoms with Crippen molar-refractivity contribution in [3.8, 4) is 0 Å². The number of aryl methyl sites for hydroxylation is 1. The third-order valence-electron chi connectivity index (χ3n) is 7.23. The molecule has 3 amide bonds. The van der Waals surface area contributed by atoms with Crippen molar-refractivity contribution in [2.24, 2.45) is 5.92 Å². The van der Waals surface area contributed by atoms with E-state index < -0.39 is 50.4 Å². The van der Waals surface area contributed by atoms with Gasteiger partial charge >= 0.3 is 4.87 Å². The summed E-state index contributed by atoms with van der Waals surface area (Å²) in [6, 6.07) is 17.8. The van der Waals surface area contributed by atoms with Crippen LogP contribution < -0.4 is 15.1 Å². The van der Waals surface area contributed by atoms with Crippen molar-refractivity contribution in [1.29, 1.82) is 0 Å². The quantitative estimate of drug-likeness (QED) is 0.192. The number of benzene rings is 3. The lowest BCUT2D eigenvalue weighted by atomic mass is 9.83. The van der Waals surface area contributed by atoms with Gasteiger partial charge in [-0.05, 0) is 48.9 Å². The Morgan fingerprint density at radius 3 is 2.29 bits per heavy atom. The van der Waals surface area contributed by atoms with Crippen molar-refractivity contribution in [3.05, 3.63) is 114 Å². The SMILES string of the molecule is Cc1ccc(NC(=O)Cn2c3c(sc2=O)[C@H](c2ccc(F)cc2)C2C(=O)N(c4ccc([N+](=O)[O-])cc4)C(=O)C2S3)cc1. The topological polar surface area (TPSA) is 132 Å². The van der Waals surface area contributed by atoms with Crippen LogP contribution in [0.5, 0.6) is 0 Å². The number of imide groups is 1. The van der Waals surface area contributed by atoms with Crippen molar-refractivity contribution in [2.45, 2.75) is 29.7 Å². The van der Waals surface area contributed by atoms with Gasteiger partial charge < -0.3 is 5.32 Å². The van der Waals surface area contributed by atoms with Gasteiger partial charge in [0, 0.05) is 28.6 Å². The van der Waals surface area contributed by atoms with E-state index in [1.807, 2.05) is 19.1 Å². The van der Waals surface area contributed by atoms with Gasteiger partial charge in [-0.25, -0.2) is 9.29 Å². The molecule has 2 aliphatic rings. The Bertz CT molecular complexity index is 1800. The summed E-state index contributed by atoms with van der Waals surface area (Å²) >= 11 is 1.93. The number of nitrogens with one attached hydrogen (secondary N) is 1. The number of halogens is 1. The smallest absolute Gasteiger partial charge is 0.308 e. The maximum absolute atomic E-state index is 13.9. The molecule has 3 atom stereocenters.